The van der Waals surface area contributed by atoms with Crippen molar-refractivity contribution in [2.24, 2.45) is 11.8 Å². The van der Waals surface area contributed by atoms with Crippen LogP contribution < -0.4 is 4.90 Å². The SMILES string of the molecule is Cc1cc(N2CC3CN(Cc4cn5c(n4)COCC5)CC3C2)ncn1. The smallest absolute Gasteiger partial charge is 0.135 e. The van der Waals surface area contributed by atoms with E-state index >= 15 is 0 Å². The molecule has 2 fully saturated rings. The first-order chi connectivity index (χ1) is 12.2. The maximum atomic E-state index is 5.49. The molecule has 0 aromatic carbocycles. The largest absolute Gasteiger partial charge is 0.372 e. The first-order valence-corrected chi connectivity index (χ1v) is 9.13. The molecule has 2 unspecified atom stereocenters. The summed E-state index contributed by atoms with van der Waals surface area (Å²) in [7, 11) is 0. The van der Waals surface area contributed by atoms with Crippen LogP contribution in [0.15, 0.2) is 18.6 Å². The number of likely N-dealkylation sites (tertiary alicyclic amines) is 1. The fourth-order valence-electron chi connectivity index (χ4n) is 4.47. The van der Waals surface area contributed by atoms with Crippen molar-refractivity contribution in [3.63, 3.8) is 0 Å². The highest BCUT2D eigenvalue weighted by molar-refractivity contribution is 5.40. The van der Waals surface area contributed by atoms with Crippen LogP contribution in [0.3, 0.4) is 0 Å². The lowest BCUT2D eigenvalue weighted by atomic mass is 10.0. The lowest BCUT2D eigenvalue weighted by Crippen LogP contribution is -2.29. The Morgan fingerprint density at radius 1 is 1.16 bits per heavy atom. The zero-order chi connectivity index (χ0) is 16.8. The van der Waals surface area contributed by atoms with E-state index in [1.807, 2.05) is 6.92 Å². The molecule has 2 atom stereocenters. The van der Waals surface area contributed by atoms with Gasteiger partial charge in [-0.25, -0.2) is 15.0 Å². The summed E-state index contributed by atoms with van der Waals surface area (Å²) in [5.41, 5.74) is 2.22. The summed E-state index contributed by atoms with van der Waals surface area (Å²) < 4.78 is 7.73. The molecule has 132 valence electrons. The second kappa shape index (κ2) is 6.07. The van der Waals surface area contributed by atoms with Crippen molar-refractivity contribution < 1.29 is 4.74 Å². The Morgan fingerprint density at radius 2 is 2.00 bits per heavy atom. The van der Waals surface area contributed by atoms with E-state index in [-0.39, 0.29) is 0 Å². The van der Waals surface area contributed by atoms with Gasteiger partial charge in [0.25, 0.3) is 0 Å². The first-order valence-electron chi connectivity index (χ1n) is 9.13. The van der Waals surface area contributed by atoms with Gasteiger partial charge in [-0.1, -0.05) is 0 Å². The van der Waals surface area contributed by atoms with E-state index in [4.69, 9.17) is 9.72 Å². The number of hydrogen-bond acceptors (Lipinski definition) is 6. The maximum Gasteiger partial charge on any atom is 0.135 e. The van der Waals surface area contributed by atoms with Crippen LogP contribution in [-0.2, 0) is 24.4 Å². The monoisotopic (exact) mass is 340 g/mol. The van der Waals surface area contributed by atoms with Gasteiger partial charge in [0.2, 0.25) is 0 Å². The predicted octanol–water partition coefficient (Wildman–Crippen LogP) is 1.08. The molecule has 2 aromatic heterocycles. The number of imidazole rings is 1. The van der Waals surface area contributed by atoms with Crippen LogP contribution in [0, 0.1) is 18.8 Å². The van der Waals surface area contributed by atoms with Crippen LogP contribution in [0.5, 0.6) is 0 Å². The Bertz CT molecular complexity index is 737. The van der Waals surface area contributed by atoms with Gasteiger partial charge < -0.3 is 14.2 Å². The summed E-state index contributed by atoms with van der Waals surface area (Å²) in [6.07, 6.45) is 3.89. The van der Waals surface area contributed by atoms with Gasteiger partial charge in [0.05, 0.1) is 12.3 Å². The second-order valence-electron chi connectivity index (χ2n) is 7.53. The van der Waals surface area contributed by atoms with E-state index in [1.165, 1.54) is 5.69 Å². The molecule has 2 aromatic rings. The van der Waals surface area contributed by atoms with Gasteiger partial charge in [0.1, 0.15) is 24.6 Å². The standard InChI is InChI=1S/C18H24N6O/c1-13-4-17(20-12-19-13)24-7-14-5-22(6-15(14)8-24)9-16-10-23-2-3-25-11-18(23)21-16/h4,10,12,14-15H,2-3,5-9,11H2,1H3. The van der Waals surface area contributed by atoms with Crippen molar-refractivity contribution in [1.82, 2.24) is 24.4 Å². The van der Waals surface area contributed by atoms with Gasteiger partial charge in [-0.15, -0.1) is 0 Å². The third-order valence-corrected chi connectivity index (χ3v) is 5.68. The van der Waals surface area contributed by atoms with Crippen LogP contribution in [0.2, 0.25) is 0 Å². The van der Waals surface area contributed by atoms with Crippen LogP contribution in [-0.4, -0.2) is 57.2 Å². The van der Waals surface area contributed by atoms with Crippen molar-refractivity contribution in [1.29, 1.82) is 0 Å². The highest BCUT2D eigenvalue weighted by atomic mass is 16.5. The molecule has 3 aliphatic rings. The number of nitrogens with zero attached hydrogens (tertiary/aromatic N) is 6. The average Bonchev–Trinajstić information content (AvgIpc) is 3.27. The first kappa shape index (κ1) is 15.3. The van der Waals surface area contributed by atoms with Crippen LogP contribution >= 0.6 is 0 Å². The molecule has 0 saturated carbocycles. The molecular weight excluding hydrogens is 316 g/mol. The number of aryl methyl sites for hydroxylation is 1. The Balaban J connectivity index is 1.21. The lowest BCUT2D eigenvalue weighted by molar-refractivity contribution is 0.0816. The summed E-state index contributed by atoms with van der Waals surface area (Å²) in [5.74, 6) is 3.62. The highest BCUT2D eigenvalue weighted by Gasteiger charge is 2.40. The number of hydrogen-bond donors (Lipinski definition) is 0. The molecule has 25 heavy (non-hydrogen) atoms. The van der Waals surface area contributed by atoms with Crippen molar-refractivity contribution in [2.45, 2.75) is 26.6 Å². The highest BCUT2D eigenvalue weighted by Crippen LogP contribution is 2.33. The van der Waals surface area contributed by atoms with Crippen molar-refractivity contribution in [3.8, 4) is 0 Å². The molecule has 0 radical (unpaired) electrons. The van der Waals surface area contributed by atoms with Gasteiger partial charge in [0, 0.05) is 57.2 Å². The molecule has 3 aliphatic heterocycles. The summed E-state index contributed by atoms with van der Waals surface area (Å²) in [6.45, 7) is 9.89. The number of anilines is 1. The molecule has 0 spiro atoms. The summed E-state index contributed by atoms with van der Waals surface area (Å²) in [4.78, 5) is 18.4. The number of rotatable bonds is 3. The fourth-order valence-corrected chi connectivity index (χ4v) is 4.47. The number of fused-ring (bicyclic) bond motifs is 2. The minimum Gasteiger partial charge on any atom is -0.372 e. The lowest BCUT2D eigenvalue weighted by Gasteiger charge is -2.21. The van der Waals surface area contributed by atoms with E-state index in [0.29, 0.717) is 6.61 Å². The predicted molar refractivity (Wildman–Crippen MR) is 93.1 cm³/mol. The summed E-state index contributed by atoms with van der Waals surface area (Å²) in [5, 5.41) is 0. The molecule has 2 saturated heterocycles. The Kier molecular flexibility index (Phi) is 3.71. The summed E-state index contributed by atoms with van der Waals surface area (Å²) in [6, 6.07) is 2.09. The third kappa shape index (κ3) is 2.91. The number of ether oxygens (including phenoxy) is 1. The Labute approximate surface area is 147 Å². The molecular formula is C18H24N6O. The molecule has 0 aliphatic carbocycles. The van der Waals surface area contributed by atoms with Crippen LogP contribution in [0.4, 0.5) is 5.82 Å². The van der Waals surface area contributed by atoms with E-state index in [1.54, 1.807) is 6.33 Å². The van der Waals surface area contributed by atoms with Crippen molar-refractivity contribution in [2.75, 3.05) is 37.7 Å². The molecule has 5 heterocycles. The quantitative estimate of drug-likeness (QED) is 0.833. The third-order valence-electron chi connectivity index (χ3n) is 5.68. The Hall–Kier alpha value is -1.99. The minimum atomic E-state index is 0.651. The van der Waals surface area contributed by atoms with Crippen molar-refractivity contribution >= 4 is 5.82 Å². The molecule has 0 amide bonds. The molecule has 0 N–H and O–H groups in total. The number of aromatic nitrogens is 4. The van der Waals surface area contributed by atoms with Crippen LogP contribution in [0.25, 0.3) is 0 Å². The van der Waals surface area contributed by atoms with Gasteiger partial charge in [-0.05, 0) is 18.8 Å². The van der Waals surface area contributed by atoms with Gasteiger partial charge in [0.15, 0.2) is 0 Å². The van der Waals surface area contributed by atoms with E-state index in [2.05, 4.69) is 36.6 Å². The van der Waals surface area contributed by atoms with Gasteiger partial charge >= 0.3 is 0 Å². The van der Waals surface area contributed by atoms with Crippen molar-refractivity contribution in [3.05, 3.63) is 35.8 Å². The topological polar surface area (TPSA) is 59.3 Å². The molecule has 7 heteroatoms. The molecule has 0 bridgehead atoms. The molecule has 7 nitrogen and oxygen atoms in total. The van der Waals surface area contributed by atoms with E-state index < -0.39 is 0 Å². The second-order valence-corrected chi connectivity index (χ2v) is 7.53. The van der Waals surface area contributed by atoms with Crippen LogP contribution in [0.1, 0.15) is 17.2 Å². The van der Waals surface area contributed by atoms with E-state index in [0.717, 1.165) is 75.0 Å². The minimum absolute atomic E-state index is 0.651. The van der Waals surface area contributed by atoms with E-state index in [9.17, 15) is 0 Å². The zero-order valence-corrected chi connectivity index (χ0v) is 14.6. The zero-order valence-electron chi connectivity index (χ0n) is 14.6. The Morgan fingerprint density at radius 3 is 2.76 bits per heavy atom. The molecule has 5 rings (SSSR count). The van der Waals surface area contributed by atoms with Gasteiger partial charge in [-0.3, -0.25) is 4.90 Å². The normalized spacial score (nSPS) is 26.0. The average molecular weight is 340 g/mol. The maximum absolute atomic E-state index is 5.49. The summed E-state index contributed by atoms with van der Waals surface area (Å²) >= 11 is 0. The fraction of sp³-hybridized carbons (Fsp3) is 0.611. The van der Waals surface area contributed by atoms with Gasteiger partial charge in [-0.2, -0.15) is 0 Å².